The van der Waals surface area contributed by atoms with Crippen LogP contribution in [0.2, 0.25) is 0 Å². The minimum absolute atomic E-state index is 0.00302. The van der Waals surface area contributed by atoms with Crippen molar-refractivity contribution in [2.24, 2.45) is 11.8 Å². The Morgan fingerprint density at radius 2 is 2.12 bits per heavy atom. The van der Waals surface area contributed by atoms with E-state index in [0.29, 0.717) is 39.4 Å². The van der Waals surface area contributed by atoms with Gasteiger partial charge in [-0.15, -0.1) is 0 Å². The van der Waals surface area contributed by atoms with Gasteiger partial charge in [-0.25, -0.2) is 13.1 Å². The fourth-order valence-electron chi connectivity index (χ4n) is 3.30. The number of carbonyl (C=O) groups is 1. The Labute approximate surface area is 142 Å². The quantitative estimate of drug-likeness (QED) is 0.808. The summed E-state index contributed by atoms with van der Waals surface area (Å²) in [6.45, 7) is 3.20. The zero-order valence-electron chi connectivity index (χ0n) is 13.8. The van der Waals surface area contributed by atoms with Gasteiger partial charge in [0.25, 0.3) is 0 Å². The molecule has 134 valence electrons. The topological polar surface area (TPSA) is 93.5 Å². The predicted octanol–water partition coefficient (Wildman–Crippen LogP) is -0.183. The Kier molecular flexibility index (Phi) is 5.21. The maximum atomic E-state index is 12.9. The number of nitrogens with one attached hydrogen (secondary N) is 1. The molecule has 0 bridgehead atoms. The lowest BCUT2D eigenvalue weighted by Gasteiger charge is -2.30. The smallest absolute Gasteiger partial charge is 0.226 e. The van der Waals surface area contributed by atoms with E-state index in [0.717, 1.165) is 24.8 Å². The molecule has 0 radical (unpaired) electrons. The van der Waals surface area contributed by atoms with Gasteiger partial charge in [0.05, 0.1) is 18.5 Å². The number of sulfonamides is 1. The van der Waals surface area contributed by atoms with E-state index in [1.807, 2.05) is 15.6 Å². The second-order valence-electron chi connectivity index (χ2n) is 6.60. The average molecular weight is 356 g/mol. The van der Waals surface area contributed by atoms with Crippen LogP contribution < -0.4 is 4.72 Å². The molecule has 8 nitrogen and oxygen atoms in total. The summed E-state index contributed by atoms with van der Waals surface area (Å²) in [5, 5.41) is 4.30. The van der Waals surface area contributed by atoms with Gasteiger partial charge in [-0.05, 0) is 18.9 Å². The van der Waals surface area contributed by atoms with Gasteiger partial charge in [-0.3, -0.25) is 9.48 Å². The molecular formula is C15H24N4O4S. The van der Waals surface area contributed by atoms with E-state index < -0.39 is 10.0 Å². The van der Waals surface area contributed by atoms with Crippen molar-refractivity contribution in [3.05, 3.63) is 18.0 Å². The van der Waals surface area contributed by atoms with Gasteiger partial charge in [0.1, 0.15) is 0 Å². The lowest BCUT2D eigenvalue weighted by atomic mass is 9.98. The molecule has 24 heavy (non-hydrogen) atoms. The first-order chi connectivity index (χ1) is 11.4. The highest BCUT2D eigenvalue weighted by Crippen LogP contribution is 2.22. The summed E-state index contributed by atoms with van der Waals surface area (Å²) in [6.07, 6.45) is 4.37. The van der Waals surface area contributed by atoms with Crippen molar-refractivity contribution in [3.8, 4) is 0 Å². The van der Waals surface area contributed by atoms with Crippen LogP contribution in [0.3, 0.4) is 0 Å². The van der Waals surface area contributed by atoms with Crippen molar-refractivity contribution < 1.29 is 17.9 Å². The van der Waals surface area contributed by atoms with Gasteiger partial charge in [0.15, 0.2) is 0 Å². The molecule has 1 N–H and O–H groups in total. The molecule has 0 aliphatic carbocycles. The lowest BCUT2D eigenvalue weighted by Crippen LogP contribution is -2.42. The molecule has 3 rings (SSSR count). The molecule has 3 heterocycles. The molecule has 2 aliphatic heterocycles. The number of carbonyl (C=O) groups excluding carboxylic acids is 1. The van der Waals surface area contributed by atoms with E-state index in [9.17, 15) is 13.2 Å². The van der Waals surface area contributed by atoms with Crippen molar-refractivity contribution in [2.75, 3.05) is 32.6 Å². The van der Waals surface area contributed by atoms with Crippen LogP contribution >= 0.6 is 0 Å². The van der Waals surface area contributed by atoms with Gasteiger partial charge >= 0.3 is 0 Å². The van der Waals surface area contributed by atoms with Gasteiger partial charge in [0.2, 0.25) is 15.9 Å². The number of amides is 1. The van der Waals surface area contributed by atoms with Crippen LogP contribution in [0.5, 0.6) is 0 Å². The Bertz CT molecular complexity index is 681. The number of aromatic nitrogens is 2. The van der Waals surface area contributed by atoms with Crippen LogP contribution in [0.25, 0.3) is 0 Å². The molecular weight excluding hydrogens is 332 g/mol. The normalized spacial score (nSPS) is 22.9. The summed E-state index contributed by atoms with van der Waals surface area (Å²) in [4.78, 5) is 14.7. The summed E-state index contributed by atoms with van der Waals surface area (Å²) in [7, 11) is -3.26. The maximum absolute atomic E-state index is 12.9. The maximum Gasteiger partial charge on any atom is 0.226 e. The number of nitrogens with zero attached hydrogens (tertiary/aromatic N) is 3. The fourth-order valence-corrected chi connectivity index (χ4v) is 3.84. The van der Waals surface area contributed by atoms with E-state index in [4.69, 9.17) is 4.74 Å². The van der Waals surface area contributed by atoms with E-state index >= 15 is 0 Å². The van der Waals surface area contributed by atoms with Crippen molar-refractivity contribution in [3.63, 3.8) is 0 Å². The monoisotopic (exact) mass is 356 g/mol. The number of rotatable bonds is 4. The summed E-state index contributed by atoms with van der Waals surface area (Å²) in [6, 6.07) is 1.91. The number of hydrogen-bond acceptors (Lipinski definition) is 5. The first-order valence-electron chi connectivity index (χ1n) is 8.24. The third-order valence-corrected chi connectivity index (χ3v) is 5.27. The lowest BCUT2D eigenvalue weighted by molar-refractivity contribution is -0.139. The van der Waals surface area contributed by atoms with Gasteiger partial charge in [-0.2, -0.15) is 5.10 Å². The van der Waals surface area contributed by atoms with Crippen LogP contribution in [-0.2, 0) is 32.6 Å². The molecule has 0 spiro atoms. The zero-order chi connectivity index (χ0) is 17.2. The Balaban J connectivity index is 1.74. The summed E-state index contributed by atoms with van der Waals surface area (Å²) < 4.78 is 32.5. The van der Waals surface area contributed by atoms with E-state index in [1.165, 1.54) is 0 Å². The number of ether oxygens (including phenoxy) is 1. The summed E-state index contributed by atoms with van der Waals surface area (Å²) >= 11 is 0. The second-order valence-corrected chi connectivity index (χ2v) is 8.43. The molecule has 1 fully saturated rings. The summed E-state index contributed by atoms with van der Waals surface area (Å²) in [5.41, 5.74) is 0.984. The average Bonchev–Trinajstić information content (AvgIpc) is 2.90. The number of fused-ring (bicyclic) bond motifs is 1. The van der Waals surface area contributed by atoms with Crippen molar-refractivity contribution >= 4 is 15.9 Å². The van der Waals surface area contributed by atoms with Crippen LogP contribution in [-0.4, -0.2) is 61.6 Å². The molecule has 0 saturated carbocycles. The summed E-state index contributed by atoms with van der Waals surface area (Å²) in [5.74, 6) is 0.124. The molecule has 2 aliphatic rings. The Morgan fingerprint density at radius 1 is 1.38 bits per heavy atom. The first kappa shape index (κ1) is 17.4. The van der Waals surface area contributed by atoms with Gasteiger partial charge in [-0.1, -0.05) is 0 Å². The molecule has 1 aromatic rings. The molecule has 1 saturated heterocycles. The van der Waals surface area contributed by atoms with Crippen molar-refractivity contribution in [1.29, 1.82) is 0 Å². The third-order valence-electron chi connectivity index (χ3n) is 4.58. The Morgan fingerprint density at radius 3 is 2.83 bits per heavy atom. The predicted molar refractivity (Wildman–Crippen MR) is 87.5 cm³/mol. The van der Waals surface area contributed by atoms with Gasteiger partial charge in [0, 0.05) is 50.9 Å². The largest absolute Gasteiger partial charge is 0.381 e. The van der Waals surface area contributed by atoms with E-state index in [2.05, 4.69) is 9.82 Å². The molecule has 1 aromatic heterocycles. The van der Waals surface area contributed by atoms with E-state index in [-0.39, 0.29) is 17.7 Å². The standard InChI is InChI=1S/C15H24N4O4S/c1-24(21,22)17-8-12-9-18(11-14-2-5-16-19(14)10-12)15(20)13-3-6-23-7-4-13/h2,5,12-13,17H,3-4,6-11H2,1H3. The molecule has 9 heteroatoms. The molecule has 1 amide bonds. The molecule has 1 unspecified atom stereocenters. The highest BCUT2D eigenvalue weighted by Gasteiger charge is 2.31. The molecule has 1 atom stereocenters. The second kappa shape index (κ2) is 7.20. The highest BCUT2D eigenvalue weighted by atomic mass is 32.2. The first-order valence-corrected chi connectivity index (χ1v) is 10.1. The van der Waals surface area contributed by atoms with Crippen LogP contribution in [0.4, 0.5) is 0 Å². The van der Waals surface area contributed by atoms with Crippen LogP contribution in [0, 0.1) is 11.8 Å². The van der Waals surface area contributed by atoms with Gasteiger partial charge < -0.3 is 9.64 Å². The number of hydrogen-bond donors (Lipinski definition) is 1. The van der Waals surface area contributed by atoms with E-state index in [1.54, 1.807) is 6.20 Å². The van der Waals surface area contributed by atoms with Crippen molar-refractivity contribution in [2.45, 2.75) is 25.9 Å². The third kappa shape index (κ3) is 4.34. The minimum Gasteiger partial charge on any atom is -0.381 e. The SMILES string of the molecule is CS(=O)(=O)NCC1CN(C(=O)C2CCOCC2)Cc2ccnn2C1. The van der Waals surface area contributed by atoms with Crippen LogP contribution in [0.15, 0.2) is 12.3 Å². The minimum atomic E-state index is -3.26. The fraction of sp³-hybridized carbons (Fsp3) is 0.733. The zero-order valence-corrected chi connectivity index (χ0v) is 14.7. The van der Waals surface area contributed by atoms with Crippen LogP contribution in [0.1, 0.15) is 18.5 Å². The molecule has 0 aromatic carbocycles. The highest BCUT2D eigenvalue weighted by molar-refractivity contribution is 7.88. The van der Waals surface area contributed by atoms with Crippen molar-refractivity contribution in [1.82, 2.24) is 19.4 Å². The Hall–Kier alpha value is -1.45.